The second-order valence-corrected chi connectivity index (χ2v) is 6.35. The largest absolute Gasteiger partial charge is 0.327 e. The molecule has 1 aromatic heterocycles. The van der Waals surface area contributed by atoms with E-state index >= 15 is 0 Å². The van der Waals surface area contributed by atoms with E-state index in [1.807, 2.05) is 0 Å². The minimum absolute atomic E-state index is 0. The third kappa shape index (κ3) is 3.23. The van der Waals surface area contributed by atoms with Crippen LogP contribution in [-0.2, 0) is 6.54 Å². The standard InChI is InChI=1S/C17H21N3.2ClH/c18-16-8-6-13-9-20(11-15(13)16)10-14-7-5-12-3-1-2-4-17(12)19-14;;/h1-5,7,13,15-16H,6,8-11,18H2;2*1H. The second-order valence-electron chi connectivity index (χ2n) is 6.35. The van der Waals surface area contributed by atoms with Crippen molar-refractivity contribution in [2.24, 2.45) is 17.6 Å². The van der Waals surface area contributed by atoms with Gasteiger partial charge in [0.25, 0.3) is 0 Å². The number of benzene rings is 1. The van der Waals surface area contributed by atoms with Crippen LogP contribution in [0.5, 0.6) is 0 Å². The van der Waals surface area contributed by atoms with Gasteiger partial charge in [-0.15, -0.1) is 24.8 Å². The summed E-state index contributed by atoms with van der Waals surface area (Å²) < 4.78 is 0. The van der Waals surface area contributed by atoms with Gasteiger partial charge in [0.1, 0.15) is 0 Å². The highest BCUT2D eigenvalue weighted by molar-refractivity contribution is 5.85. The van der Waals surface area contributed by atoms with Crippen molar-refractivity contribution in [1.82, 2.24) is 9.88 Å². The van der Waals surface area contributed by atoms with Crippen LogP contribution in [0.3, 0.4) is 0 Å². The van der Waals surface area contributed by atoms with Gasteiger partial charge in [-0.25, -0.2) is 0 Å². The molecular formula is C17H23Cl2N3. The Kier molecular flexibility index (Phi) is 5.67. The predicted molar refractivity (Wildman–Crippen MR) is 95.7 cm³/mol. The van der Waals surface area contributed by atoms with Gasteiger partial charge in [0.05, 0.1) is 11.2 Å². The van der Waals surface area contributed by atoms with Gasteiger partial charge in [0, 0.05) is 31.1 Å². The molecule has 1 saturated carbocycles. The van der Waals surface area contributed by atoms with Gasteiger partial charge in [-0.3, -0.25) is 9.88 Å². The van der Waals surface area contributed by atoms with Gasteiger partial charge in [-0.1, -0.05) is 24.3 Å². The molecular weight excluding hydrogens is 317 g/mol. The summed E-state index contributed by atoms with van der Waals surface area (Å²) in [4.78, 5) is 7.31. The van der Waals surface area contributed by atoms with Crippen LogP contribution >= 0.6 is 24.8 Å². The zero-order valence-corrected chi connectivity index (χ0v) is 14.2. The quantitative estimate of drug-likeness (QED) is 0.913. The van der Waals surface area contributed by atoms with Crippen LogP contribution in [0.15, 0.2) is 36.4 Å². The average molecular weight is 340 g/mol. The third-order valence-electron chi connectivity index (χ3n) is 5.03. The van der Waals surface area contributed by atoms with Crippen LogP contribution in [0.1, 0.15) is 18.5 Å². The molecule has 2 aromatic rings. The molecule has 2 aliphatic rings. The Labute approximate surface area is 144 Å². The Balaban J connectivity index is 0.000000882. The smallest absolute Gasteiger partial charge is 0.0705 e. The predicted octanol–water partition coefficient (Wildman–Crippen LogP) is 3.25. The highest BCUT2D eigenvalue weighted by Gasteiger charge is 2.40. The van der Waals surface area contributed by atoms with E-state index in [0.717, 1.165) is 30.4 Å². The van der Waals surface area contributed by atoms with Crippen molar-refractivity contribution in [2.75, 3.05) is 13.1 Å². The zero-order chi connectivity index (χ0) is 13.5. The van der Waals surface area contributed by atoms with Crippen molar-refractivity contribution >= 4 is 35.7 Å². The summed E-state index contributed by atoms with van der Waals surface area (Å²) in [6, 6.07) is 13.1. The van der Waals surface area contributed by atoms with Crippen molar-refractivity contribution in [3.63, 3.8) is 0 Å². The molecule has 2 heterocycles. The van der Waals surface area contributed by atoms with E-state index in [-0.39, 0.29) is 24.8 Å². The number of aromatic nitrogens is 1. The molecule has 4 rings (SSSR count). The molecule has 3 atom stereocenters. The molecule has 3 nitrogen and oxygen atoms in total. The fourth-order valence-electron chi connectivity index (χ4n) is 3.95. The number of hydrogen-bond acceptors (Lipinski definition) is 3. The minimum atomic E-state index is 0. The van der Waals surface area contributed by atoms with E-state index in [2.05, 4.69) is 41.3 Å². The topological polar surface area (TPSA) is 42.1 Å². The lowest BCUT2D eigenvalue weighted by Gasteiger charge is -2.18. The first-order valence-electron chi connectivity index (χ1n) is 7.62. The number of halogens is 2. The summed E-state index contributed by atoms with van der Waals surface area (Å²) in [5.74, 6) is 1.54. The number of hydrogen-bond donors (Lipinski definition) is 1. The highest BCUT2D eigenvalue weighted by atomic mass is 35.5. The van der Waals surface area contributed by atoms with Crippen LogP contribution in [0.25, 0.3) is 10.9 Å². The first kappa shape index (κ1) is 17.5. The van der Waals surface area contributed by atoms with Crippen LogP contribution in [0.4, 0.5) is 0 Å². The van der Waals surface area contributed by atoms with E-state index < -0.39 is 0 Å². The molecule has 0 radical (unpaired) electrons. The van der Waals surface area contributed by atoms with Crippen molar-refractivity contribution in [3.05, 3.63) is 42.1 Å². The maximum absolute atomic E-state index is 6.21. The van der Waals surface area contributed by atoms with Gasteiger partial charge >= 0.3 is 0 Å². The molecule has 0 spiro atoms. The second kappa shape index (κ2) is 7.14. The monoisotopic (exact) mass is 339 g/mol. The number of pyridine rings is 1. The molecule has 22 heavy (non-hydrogen) atoms. The average Bonchev–Trinajstić information content (AvgIpc) is 3.01. The number of likely N-dealkylation sites (tertiary alicyclic amines) is 1. The molecule has 0 amide bonds. The Hall–Kier alpha value is -0.870. The summed E-state index contributed by atoms with van der Waals surface area (Å²) >= 11 is 0. The third-order valence-corrected chi connectivity index (χ3v) is 5.03. The fraction of sp³-hybridized carbons (Fsp3) is 0.471. The number of rotatable bonds is 2. The Morgan fingerprint density at radius 2 is 1.86 bits per heavy atom. The molecule has 120 valence electrons. The molecule has 1 aliphatic heterocycles. The normalized spacial score (nSPS) is 27.2. The Bertz CT molecular complexity index is 634. The SMILES string of the molecule is Cl.Cl.NC1CCC2CN(Cc3ccc4ccccc4n3)CC12. The zero-order valence-electron chi connectivity index (χ0n) is 12.5. The van der Waals surface area contributed by atoms with Gasteiger partial charge in [-0.05, 0) is 36.8 Å². The maximum Gasteiger partial charge on any atom is 0.0705 e. The first-order valence-corrected chi connectivity index (χ1v) is 7.62. The molecule has 1 aliphatic carbocycles. The lowest BCUT2D eigenvalue weighted by Crippen LogP contribution is -2.30. The van der Waals surface area contributed by atoms with Crippen LogP contribution in [-0.4, -0.2) is 29.0 Å². The molecule has 0 bridgehead atoms. The van der Waals surface area contributed by atoms with Gasteiger partial charge < -0.3 is 5.73 Å². The van der Waals surface area contributed by atoms with Crippen molar-refractivity contribution in [3.8, 4) is 0 Å². The molecule has 2 N–H and O–H groups in total. The molecule has 1 aromatic carbocycles. The summed E-state index contributed by atoms with van der Waals surface area (Å²) in [7, 11) is 0. The van der Waals surface area contributed by atoms with Gasteiger partial charge in [0.2, 0.25) is 0 Å². The van der Waals surface area contributed by atoms with Crippen LogP contribution in [0, 0.1) is 11.8 Å². The molecule has 2 fully saturated rings. The summed E-state index contributed by atoms with van der Waals surface area (Å²) in [6.07, 6.45) is 2.53. The Morgan fingerprint density at radius 3 is 2.68 bits per heavy atom. The van der Waals surface area contributed by atoms with E-state index in [0.29, 0.717) is 6.04 Å². The highest BCUT2D eigenvalue weighted by Crippen LogP contribution is 2.37. The van der Waals surface area contributed by atoms with Gasteiger partial charge in [0.15, 0.2) is 0 Å². The lowest BCUT2D eigenvalue weighted by atomic mass is 9.98. The fourth-order valence-corrected chi connectivity index (χ4v) is 3.95. The van der Waals surface area contributed by atoms with Crippen LogP contribution < -0.4 is 5.73 Å². The minimum Gasteiger partial charge on any atom is -0.327 e. The van der Waals surface area contributed by atoms with E-state index in [9.17, 15) is 0 Å². The number of fused-ring (bicyclic) bond motifs is 2. The number of nitrogens with two attached hydrogens (primary N) is 1. The number of para-hydroxylation sites is 1. The number of nitrogens with zero attached hydrogens (tertiary/aromatic N) is 2. The summed E-state index contributed by atoms with van der Waals surface area (Å²) in [5.41, 5.74) is 8.48. The van der Waals surface area contributed by atoms with E-state index in [1.165, 1.54) is 30.5 Å². The van der Waals surface area contributed by atoms with Crippen molar-refractivity contribution < 1.29 is 0 Å². The molecule has 3 unspecified atom stereocenters. The molecule has 1 saturated heterocycles. The van der Waals surface area contributed by atoms with E-state index in [1.54, 1.807) is 0 Å². The molecule has 5 heteroatoms. The Morgan fingerprint density at radius 1 is 1.05 bits per heavy atom. The van der Waals surface area contributed by atoms with Gasteiger partial charge in [-0.2, -0.15) is 0 Å². The summed E-state index contributed by atoms with van der Waals surface area (Å²) in [5, 5.41) is 1.22. The summed E-state index contributed by atoms with van der Waals surface area (Å²) in [6.45, 7) is 3.32. The van der Waals surface area contributed by atoms with Crippen LogP contribution in [0.2, 0.25) is 0 Å². The maximum atomic E-state index is 6.21. The van der Waals surface area contributed by atoms with E-state index in [4.69, 9.17) is 10.7 Å². The lowest BCUT2D eigenvalue weighted by molar-refractivity contribution is 0.295. The van der Waals surface area contributed by atoms with Crippen molar-refractivity contribution in [1.29, 1.82) is 0 Å². The van der Waals surface area contributed by atoms with Crippen molar-refractivity contribution in [2.45, 2.75) is 25.4 Å². The first-order chi connectivity index (χ1) is 9.79.